The maximum Gasteiger partial charge on any atom is 0.305 e. The van der Waals surface area contributed by atoms with E-state index in [1.165, 1.54) is 154 Å². The lowest BCUT2D eigenvalue weighted by atomic mass is 10.1. The summed E-state index contributed by atoms with van der Waals surface area (Å²) in [5.41, 5.74) is 0. The van der Waals surface area contributed by atoms with E-state index < -0.39 is 12.1 Å². The van der Waals surface area contributed by atoms with Gasteiger partial charge in [0.15, 0.2) is 0 Å². The molecule has 6 heteroatoms. The van der Waals surface area contributed by atoms with Crippen molar-refractivity contribution in [2.75, 3.05) is 13.2 Å². The van der Waals surface area contributed by atoms with Crippen molar-refractivity contribution in [3.8, 4) is 0 Å². The van der Waals surface area contributed by atoms with Crippen molar-refractivity contribution in [2.45, 2.75) is 264 Å². The molecule has 334 valence electrons. The number of amides is 1. The molecular formula is C51H95NO5. The Bertz CT molecular complexity index is 931. The van der Waals surface area contributed by atoms with Gasteiger partial charge in [-0.05, 0) is 83.5 Å². The standard InChI is InChI=1S/C51H95NO5/c1-3-5-7-9-11-13-15-17-18-21-25-29-33-37-41-45-51(56)57-46-42-38-34-30-26-22-19-20-24-28-32-36-40-44-50(55)52-48(47-53)49(54)43-39-35-31-27-23-16-14-12-10-8-6-4-2/h17-18,20,24,39,43,48-49,53-54H,3-16,19,21-23,25-38,40-42,44-47H2,1-2H3,(H,52,55)/b18-17-,24-20-,43-39+. The zero-order chi connectivity index (χ0) is 41.5. The molecule has 57 heavy (non-hydrogen) atoms. The van der Waals surface area contributed by atoms with E-state index >= 15 is 0 Å². The number of esters is 1. The molecule has 2 atom stereocenters. The molecule has 0 saturated carbocycles. The van der Waals surface area contributed by atoms with Gasteiger partial charge >= 0.3 is 5.97 Å². The van der Waals surface area contributed by atoms with Gasteiger partial charge < -0.3 is 20.3 Å². The second kappa shape index (κ2) is 46.8. The summed E-state index contributed by atoms with van der Waals surface area (Å²) < 4.78 is 5.45. The topological polar surface area (TPSA) is 95.9 Å². The van der Waals surface area contributed by atoms with Crippen molar-refractivity contribution >= 4 is 11.9 Å². The number of allylic oxidation sites excluding steroid dienone is 5. The first kappa shape index (κ1) is 55.1. The van der Waals surface area contributed by atoms with Crippen LogP contribution in [0.3, 0.4) is 0 Å². The second-order valence-corrected chi connectivity index (χ2v) is 16.8. The predicted molar refractivity (Wildman–Crippen MR) is 246 cm³/mol. The molecule has 3 N–H and O–H groups in total. The van der Waals surface area contributed by atoms with Crippen LogP contribution < -0.4 is 5.32 Å². The molecule has 1 amide bonds. The third-order valence-corrected chi connectivity index (χ3v) is 11.1. The van der Waals surface area contributed by atoms with E-state index in [0.717, 1.165) is 70.6 Å². The van der Waals surface area contributed by atoms with E-state index in [9.17, 15) is 19.8 Å². The Kier molecular flexibility index (Phi) is 45.2. The van der Waals surface area contributed by atoms with Crippen LogP contribution in [0.15, 0.2) is 36.5 Å². The molecule has 2 unspecified atom stereocenters. The van der Waals surface area contributed by atoms with Crippen LogP contribution in [0, 0.1) is 0 Å². The Morgan fingerprint density at radius 3 is 1.26 bits per heavy atom. The smallest absolute Gasteiger partial charge is 0.305 e. The molecule has 0 saturated heterocycles. The predicted octanol–water partition coefficient (Wildman–Crippen LogP) is 14.5. The van der Waals surface area contributed by atoms with E-state index in [4.69, 9.17) is 4.74 Å². The van der Waals surface area contributed by atoms with Crippen LogP contribution in [0.5, 0.6) is 0 Å². The number of carbonyl (C=O) groups excluding carboxylic acids is 2. The molecule has 0 rings (SSSR count). The number of ether oxygens (including phenoxy) is 1. The molecule has 0 aromatic rings. The summed E-state index contributed by atoms with van der Waals surface area (Å²) >= 11 is 0. The highest BCUT2D eigenvalue weighted by molar-refractivity contribution is 5.76. The first-order valence-corrected chi connectivity index (χ1v) is 24.8. The van der Waals surface area contributed by atoms with Gasteiger partial charge in [-0.25, -0.2) is 0 Å². The van der Waals surface area contributed by atoms with Crippen LogP contribution in [0.4, 0.5) is 0 Å². The normalized spacial score (nSPS) is 13.0. The molecule has 0 heterocycles. The van der Waals surface area contributed by atoms with Crippen molar-refractivity contribution in [1.29, 1.82) is 0 Å². The number of unbranched alkanes of at least 4 members (excludes halogenated alkanes) is 30. The molecule has 0 bridgehead atoms. The van der Waals surface area contributed by atoms with Crippen LogP contribution in [-0.4, -0.2) is 47.4 Å². The fraction of sp³-hybridized carbons (Fsp3) is 0.843. The lowest BCUT2D eigenvalue weighted by Crippen LogP contribution is -2.45. The fourth-order valence-corrected chi connectivity index (χ4v) is 7.27. The van der Waals surface area contributed by atoms with Crippen molar-refractivity contribution in [3.05, 3.63) is 36.5 Å². The highest BCUT2D eigenvalue weighted by Crippen LogP contribution is 2.14. The van der Waals surface area contributed by atoms with Crippen molar-refractivity contribution in [2.24, 2.45) is 0 Å². The molecule has 0 aromatic heterocycles. The number of hydrogen-bond donors (Lipinski definition) is 3. The van der Waals surface area contributed by atoms with Crippen LogP contribution in [-0.2, 0) is 14.3 Å². The SMILES string of the molecule is CCCCCCCC/C=C\CCCCCCCC(=O)OCCCCCCCC/C=C\CCCCCC(=O)NC(CO)C(O)/C=C/CCCCCCCCCCCC. The summed E-state index contributed by atoms with van der Waals surface area (Å²) in [4.78, 5) is 24.4. The fourth-order valence-electron chi connectivity index (χ4n) is 7.27. The molecule has 0 spiro atoms. The Morgan fingerprint density at radius 2 is 0.825 bits per heavy atom. The van der Waals surface area contributed by atoms with Gasteiger partial charge in [-0.15, -0.1) is 0 Å². The van der Waals surface area contributed by atoms with E-state index in [1.807, 2.05) is 6.08 Å². The van der Waals surface area contributed by atoms with Crippen molar-refractivity contribution < 1.29 is 24.5 Å². The summed E-state index contributed by atoms with van der Waals surface area (Å²) in [5.74, 6) is -0.123. The summed E-state index contributed by atoms with van der Waals surface area (Å²) in [7, 11) is 0. The third kappa shape index (κ3) is 43.5. The molecule has 0 aliphatic rings. The van der Waals surface area contributed by atoms with Gasteiger partial charge in [0.25, 0.3) is 0 Å². The Hall–Kier alpha value is -1.92. The van der Waals surface area contributed by atoms with Gasteiger partial charge in [-0.3, -0.25) is 9.59 Å². The Balaban J connectivity index is 3.53. The lowest BCUT2D eigenvalue weighted by molar-refractivity contribution is -0.143. The largest absolute Gasteiger partial charge is 0.466 e. The Labute approximate surface area is 353 Å². The number of nitrogens with one attached hydrogen (secondary N) is 1. The first-order chi connectivity index (χ1) is 28.0. The molecular weight excluding hydrogens is 707 g/mol. The first-order valence-electron chi connectivity index (χ1n) is 24.8. The van der Waals surface area contributed by atoms with Crippen LogP contribution in [0.2, 0.25) is 0 Å². The van der Waals surface area contributed by atoms with Crippen LogP contribution in [0.1, 0.15) is 251 Å². The maximum absolute atomic E-state index is 12.4. The third-order valence-electron chi connectivity index (χ3n) is 11.1. The van der Waals surface area contributed by atoms with Crippen molar-refractivity contribution in [3.63, 3.8) is 0 Å². The number of aliphatic hydroxyl groups is 2. The minimum atomic E-state index is -0.860. The van der Waals surface area contributed by atoms with Gasteiger partial charge in [-0.2, -0.15) is 0 Å². The second-order valence-electron chi connectivity index (χ2n) is 16.8. The summed E-state index contributed by atoms with van der Waals surface area (Å²) in [6.45, 7) is 4.83. The molecule has 0 fully saturated rings. The van der Waals surface area contributed by atoms with Gasteiger partial charge in [0.05, 0.1) is 25.4 Å². The van der Waals surface area contributed by atoms with Gasteiger partial charge in [0.1, 0.15) is 0 Å². The zero-order valence-electron chi connectivity index (χ0n) is 37.8. The average molecular weight is 802 g/mol. The molecule has 0 aliphatic heterocycles. The maximum atomic E-state index is 12.4. The van der Waals surface area contributed by atoms with Gasteiger partial charge in [-0.1, -0.05) is 192 Å². The lowest BCUT2D eigenvalue weighted by Gasteiger charge is -2.19. The van der Waals surface area contributed by atoms with Gasteiger partial charge in [0.2, 0.25) is 5.91 Å². The highest BCUT2D eigenvalue weighted by atomic mass is 16.5. The molecule has 0 aromatic carbocycles. The van der Waals surface area contributed by atoms with E-state index in [1.54, 1.807) is 6.08 Å². The van der Waals surface area contributed by atoms with Crippen LogP contribution >= 0.6 is 0 Å². The number of carbonyl (C=O) groups is 2. The highest BCUT2D eigenvalue weighted by Gasteiger charge is 2.18. The molecule has 0 aliphatic carbocycles. The quantitative estimate of drug-likeness (QED) is 0.0324. The van der Waals surface area contributed by atoms with E-state index in [-0.39, 0.29) is 18.5 Å². The summed E-state index contributed by atoms with van der Waals surface area (Å²) in [6.07, 6.45) is 55.7. The number of hydrogen-bond acceptors (Lipinski definition) is 5. The zero-order valence-corrected chi connectivity index (χ0v) is 37.8. The number of aliphatic hydroxyl groups excluding tert-OH is 2. The number of rotatable bonds is 45. The van der Waals surface area contributed by atoms with E-state index in [0.29, 0.717) is 19.4 Å². The summed E-state index contributed by atoms with van der Waals surface area (Å²) in [5, 5.41) is 22.9. The summed E-state index contributed by atoms with van der Waals surface area (Å²) in [6, 6.07) is -0.647. The van der Waals surface area contributed by atoms with E-state index in [2.05, 4.69) is 43.5 Å². The molecule has 6 nitrogen and oxygen atoms in total. The molecule has 0 radical (unpaired) electrons. The average Bonchev–Trinajstić information content (AvgIpc) is 3.21. The minimum Gasteiger partial charge on any atom is -0.466 e. The van der Waals surface area contributed by atoms with Gasteiger partial charge in [0, 0.05) is 12.8 Å². The minimum absolute atomic E-state index is 0.0229. The van der Waals surface area contributed by atoms with Crippen molar-refractivity contribution in [1.82, 2.24) is 5.32 Å². The van der Waals surface area contributed by atoms with Crippen LogP contribution in [0.25, 0.3) is 0 Å². The monoisotopic (exact) mass is 802 g/mol. The Morgan fingerprint density at radius 1 is 0.474 bits per heavy atom.